The van der Waals surface area contributed by atoms with Gasteiger partial charge >= 0.3 is 0 Å². The number of carbonyl (C=O) groups excluding carboxylic acids is 1. The molecule has 0 bridgehead atoms. The van der Waals surface area contributed by atoms with E-state index in [-0.39, 0.29) is 11.9 Å². The number of amides is 1. The van der Waals surface area contributed by atoms with Gasteiger partial charge in [-0.2, -0.15) is 0 Å². The summed E-state index contributed by atoms with van der Waals surface area (Å²) in [5.74, 6) is 1.08. The van der Waals surface area contributed by atoms with E-state index in [9.17, 15) is 13.2 Å². The van der Waals surface area contributed by atoms with Gasteiger partial charge in [-0.25, -0.2) is 8.42 Å². The quantitative estimate of drug-likeness (QED) is 0.541. The first kappa shape index (κ1) is 25.5. The average Bonchev–Trinajstić information content (AvgIpc) is 2.75. The van der Waals surface area contributed by atoms with Crippen molar-refractivity contribution < 1.29 is 22.7 Å². The molecule has 8 heteroatoms. The summed E-state index contributed by atoms with van der Waals surface area (Å²) in [4.78, 5) is 13.3. The maximum absolute atomic E-state index is 13.3. The highest BCUT2D eigenvalue weighted by Gasteiger charge is 2.32. The van der Waals surface area contributed by atoms with Gasteiger partial charge in [0.25, 0.3) is 0 Å². The molecular formula is C24H34N2O5S. The molecule has 0 aliphatic rings. The summed E-state index contributed by atoms with van der Waals surface area (Å²) >= 11 is 0. The molecule has 0 saturated carbocycles. The molecular weight excluding hydrogens is 428 g/mol. The van der Waals surface area contributed by atoms with E-state index < -0.39 is 16.1 Å². The van der Waals surface area contributed by atoms with Crippen molar-refractivity contribution in [3.63, 3.8) is 0 Å². The summed E-state index contributed by atoms with van der Waals surface area (Å²) in [5.41, 5.74) is 2.34. The Kier molecular flexibility index (Phi) is 8.95. The lowest BCUT2D eigenvalue weighted by molar-refractivity contribution is -0.123. The number of ether oxygens (including phenoxy) is 2. The van der Waals surface area contributed by atoms with Gasteiger partial charge in [0.2, 0.25) is 15.9 Å². The Labute approximate surface area is 191 Å². The zero-order chi connectivity index (χ0) is 23.9. The van der Waals surface area contributed by atoms with Crippen LogP contribution in [0.5, 0.6) is 11.5 Å². The van der Waals surface area contributed by atoms with Crippen LogP contribution in [0.1, 0.15) is 50.8 Å². The SMILES string of the molecule is CCOc1ccc(N([C@@H](CC)C(=O)N[C@H](CC)c2ccc(OC)c(C)c2)S(C)(=O)=O)cc1. The first-order valence-corrected chi connectivity index (χ1v) is 12.7. The van der Waals surface area contributed by atoms with E-state index in [0.29, 0.717) is 30.9 Å². The minimum Gasteiger partial charge on any atom is -0.496 e. The van der Waals surface area contributed by atoms with Crippen LogP contribution in [-0.2, 0) is 14.8 Å². The molecule has 0 aliphatic carbocycles. The van der Waals surface area contributed by atoms with E-state index in [1.54, 1.807) is 38.3 Å². The highest BCUT2D eigenvalue weighted by Crippen LogP contribution is 2.27. The van der Waals surface area contributed by atoms with Crippen molar-refractivity contribution in [1.82, 2.24) is 5.32 Å². The third-order valence-corrected chi connectivity index (χ3v) is 6.46. The fraction of sp³-hybridized carbons (Fsp3) is 0.458. The Morgan fingerprint density at radius 2 is 1.72 bits per heavy atom. The van der Waals surface area contributed by atoms with Gasteiger partial charge in [0.1, 0.15) is 17.5 Å². The van der Waals surface area contributed by atoms with Crippen LogP contribution in [0, 0.1) is 6.92 Å². The number of sulfonamides is 1. The number of hydrogen-bond acceptors (Lipinski definition) is 5. The van der Waals surface area contributed by atoms with Gasteiger partial charge < -0.3 is 14.8 Å². The van der Waals surface area contributed by atoms with E-state index in [1.807, 2.05) is 39.0 Å². The molecule has 7 nitrogen and oxygen atoms in total. The highest BCUT2D eigenvalue weighted by atomic mass is 32.2. The van der Waals surface area contributed by atoms with Gasteiger partial charge in [-0.05, 0) is 68.1 Å². The van der Waals surface area contributed by atoms with Crippen molar-refractivity contribution in [2.75, 3.05) is 24.3 Å². The Morgan fingerprint density at radius 3 is 2.19 bits per heavy atom. The molecule has 1 amide bonds. The molecule has 0 aliphatic heterocycles. The molecule has 2 atom stereocenters. The van der Waals surface area contributed by atoms with Crippen LogP contribution < -0.4 is 19.1 Å². The lowest BCUT2D eigenvalue weighted by Gasteiger charge is -2.31. The van der Waals surface area contributed by atoms with Crippen LogP contribution in [0.15, 0.2) is 42.5 Å². The first-order valence-electron chi connectivity index (χ1n) is 10.8. The number of rotatable bonds is 11. The topological polar surface area (TPSA) is 84.9 Å². The number of methoxy groups -OCH3 is 1. The van der Waals surface area contributed by atoms with Crippen molar-refractivity contribution in [2.24, 2.45) is 0 Å². The van der Waals surface area contributed by atoms with Crippen molar-refractivity contribution >= 4 is 21.6 Å². The number of anilines is 1. The van der Waals surface area contributed by atoms with Crippen LogP contribution in [0.25, 0.3) is 0 Å². The van der Waals surface area contributed by atoms with E-state index in [0.717, 1.165) is 23.1 Å². The maximum Gasteiger partial charge on any atom is 0.244 e. The van der Waals surface area contributed by atoms with E-state index >= 15 is 0 Å². The summed E-state index contributed by atoms with van der Waals surface area (Å²) in [5, 5.41) is 3.04. The number of carbonyl (C=O) groups is 1. The van der Waals surface area contributed by atoms with E-state index in [1.165, 1.54) is 4.31 Å². The van der Waals surface area contributed by atoms with Crippen LogP contribution in [0.3, 0.4) is 0 Å². The molecule has 0 saturated heterocycles. The lowest BCUT2D eigenvalue weighted by Crippen LogP contribution is -2.50. The molecule has 176 valence electrons. The van der Waals surface area contributed by atoms with Crippen LogP contribution in [0.2, 0.25) is 0 Å². The van der Waals surface area contributed by atoms with Gasteiger partial charge in [0.05, 0.1) is 31.7 Å². The zero-order valence-corrected chi connectivity index (χ0v) is 20.5. The second-order valence-electron chi connectivity index (χ2n) is 7.61. The molecule has 32 heavy (non-hydrogen) atoms. The van der Waals surface area contributed by atoms with Gasteiger partial charge in [0, 0.05) is 0 Å². The van der Waals surface area contributed by atoms with Crippen LogP contribution in [0.4, 0.5) is 5.69 Å². The monoisotopic (exact) mass is 462 g/mol. The molecule has 0 fully saturated rings. The lowest BCUT2D eigenvalue weighted by atomic mass is 10.0. The minimum absolute atomic E-state index is 0.247. The molecule has 2 aromatic carbocycles. The number of hydrogen-bond donors (Lipinski definition) is 1. The van der Waals surface area contributed by atoms with Gasteiger partial charge in [0.15, 0.2) is 0 Å². The molecule has 0 radical (unpaired) electrons. The molecule has 0 heterocycles. The number of benzene rings is 2. The second kappa shape index (κ2) is 11.2. The Morgan fingerprint density at radius 1 is 1.06 bits per heavy atom. The normalized spacial score (nSPS) is 13.2. The van der Waals surface area contributed by atoms with E-state index in [2.05, 4.69) is 5.32 Å². The van der Waals surface area contributed by atoms with Gasteiger partial charge in [-0.1, -0.05) is 26.0 Å². The molecule has 0 spiro atoms. The third kappa shape index (κ3) is 6.16. The smallest absolute Gasteiger partial charge is 0.244 e. The summed E-state index contributed by atoms with van der Waals surface area (Å²) in [6.45, 7) is 8.12. The predicted octanol–water partition coefficient (Wildman–Crippen LogP) is 4.21. The predicted molar refractivity (Wildman–Crippen MR) is 128 cm³/mol. The summed E-state index contributed by atoms with van der Waals surface area (Å²) in [6.07, 6.45) is 2.10. The van der Waals surface area contributed by atoms with Crippen LogP contribution >= 0.6 is 0 Å². The number of nitrogens with one attached hydrogen (secondary N) is 1. The fourth-order valence-electron chi connectivity index (χ4n) is 3.72. The molecule has 1 N–H and O–H groups in total. The van der Waals surface area contributed by atoms with E-state index in [4.69, 9.17) is 9.47 Å². The first-order chi connectivity index (χ1) is 15.2. The maximum atomic E-state index is 13.3. The summed E-state index contributed by atoms with van der Waals surface area (Å²) in [6, 6.07) is 11.4. The summed E-state index contributed by atoms with van der Waals surface area (Å²) in [7, 11) is -2.09. The average molecular weight is 463 g/mol. The number of nitrogens with zero attached hydrogens (tertiary/aromatic N) is 1. The molecule has 2 rings (SSSR count). The fourth-order valence-corrected chi connectivity index (χ4v) is 4.94. The Balaban J connectivity index is 2.33. The van der Waals surface area contributed by atoms with Crippen molar-refractivity contribution in [3.8, 4) is 11.5 Å². The standard InChI is InChI=1S/C24H34N2O5S/c1-7-21(18-10-15-23(30-5)17(4)16-18)25-24(27)22(8-2)26(32(6,28)29)19-11-13-20(14-12-19)31-9-3/h10-16,21-22H,7-9H2,1-6H3,(H,25,27)/t21-,22+/m1/s1. The zero-order valence-electron chi connectivity index (χ0n) is 19.7. The van der Waals surface area contributed by atoms with Crippen LogP contribution in [-0.4, -0.2) is 40.3 Å². The van der Waals surface area contributed by atoms with Crippen molar-refractivity contribution in [2.45, 2.75) is 52.6 Å². The Hall–Kier alpha value is -2.74. The van der Waals surface area contributed by atoms with Crippen molar-refractivity contribution in [1.29, 1.82) is 0 Å². The largest absolute Gasteiger partial charge is 0.496 e. The summed E-state index contributed by atoms with van der Waals surface area (Å²) < 4.78 is 37.3. The highest BCUT2D eigenvalue weighted by molar-refractivity contribution is 7.92. The van der Waals surface area contributed by atoms with Gasteiger partial charge in [-0.3, -0.25) is 9.10 Å². The molecule has 0 aromatic heterocycles. The second-order valence-corrected chi connectivity index (χ2v) is 9.47. The Bertz CT molecular complexity index is 1010. The third-order valence-electron chi connectivity index (χ3n) is 5.28. The molecule has 2 aromatic rings. The number of aryl methyl sites for hydroxylation is 1. The van der Waals surface area contributed by atoms with Crippen molar-refractivity contribution in [3.05, 3.63) is 53.6 Å². The molecule has 0 unspecified atom stereocenters. The minimum atomic E-state index is -3.71. The van der Waals surface area contributed by atoms with Gasteiger partial charge in [-0.15, -0.1) is 0 Å².